The van der Waals surface area contributed by atoms with E-state index >= 15 is 0 Å². The molecule has 1 aromatic heterocycles. The Bertz CT molecular complexity index is 476. The van der Waals surface area contributed by atoms with Crippen LogP contribution < -0.4 is 5.73 Å². The van der Waals surface area contributed by atoms with Crippen LogP contribution in [0.3, 0.4) is 0 Å². The van der Waals surface area contributed by atoms with Crippen LogP contribution in [0.25, 0.3) is 10.1 Å². The average molecular weight is 209 g/mol. The second-order valence-electron chi connectivity index (χ2n) is 2.68. The van der Waals surface area contributed by atoms with E-state index in [1.54, 1.807) is 17.4 Å². The zero-order valence-corrected chi connectivity index (χ0v) is 8.36. The largest absolute Gasteiger partial charge is 0.397 e. The van der Waals surface area contributed by atoms with Gasteiger partial charge in [0.25, 0.3) is 0 Å². The van der Waals surface area contributed by atoms with E-state index in [1.165, 1.54) is 0 Å². The van der Waals surface area contributed by atoms with Crippen LogP contribution in [0.2, 0.25) is 0 Å². The van der Waals surface area contributed by atoms with Crippen LogP contribution in [-0.4, -0.2) is 6.29 Å². The van der Waals surface area contributed by atoms with Crippen LogP contribution in [0.15, 0.2) is 22.4 Å². The number of hydrogen-bond acceptors (Lipinski definition) is 4. The van der Waals surface area contributed by atoms with E-state index in [2.05, 4.69) is 12.6 Å². The van der Waals surface area contributed by atoms with Crippen molar-refractivity contribution in [2.24, 2.45) is 0 Å². The first kappa shape index (κ1) is 8.59. The van der Waals surface area contributed by atoms with E-state index in [-0.39, 0.29) is 0 Å². The van der Waals surface area contributed by atoms with Crippen LogP contribution in [-0.2, 0) is 0 Å². The summed E-state index contributed by atoms with van der Waals surface area (Å²) in [7, 11) is 0. The highest BCUT2D eigenvalue weighted by atomic mass is 32.1. The number of aldehydes is 1. The van der Waals surface area contributed by atoms with Crippen LogP contribution in [0.1, 0.15) is 10.4 Å². The molecular weight excluding hydrogens is 202 g/mol. The molecule has 1 heterocycles. The Morgan fingerprint density at radius 2 is 2.31 bits per heavy atom. The summed E-state index contributed by atoms with van der Waals surface area (Å²) in [6.45, 7) is 0. The fourth-order valence-electron chi connectivity index (χ4n) is 1.24. The predicted octanol–water partition coefficient (Wildman–Crippen LogP) is 2.58. The van der Waals surface area contributed by atoms with Gasteiger partial charge in [0.2, 0.25) is 0 Å². The Labute approximate surface area is 84.8 Å². The number of thiol groups is 1. The maximum absolute atomic E-state index is 10.6. The van der Waals surface area contributed by atoms with Crippen molar-refractivity contribution in [3.8, 4) is 0 Å². The summed E-state index contributed by atoms with van der Waals surface area (Å²) >= 11 is 5.75. The summed E-state index contributed by atoms with van der Waals surface area (Å²) in [6.07, 6.45) is 0.774. The van der Waals surface area contributed by atoms with Gasteiger partial charge < -0.3 is 5.73 Å². The molecule has 0 saturated heterocycles. The molecular formula is C9H7NOS2. The number of nitrogens with two attached hydrogens (primary N) is 1. The quantitative estimate of drug-likeness (QED) is 0.430. The molecule has 0 amide bonds. The number of hydrogen-bond donors (Lipinski definition) is 2. The third-order valence-electron chi connectivity index (χ3n) is 1.91. The molecule has 1 aromatic carbocycles. The van der Waals surface area contributed by atoms with Gasteiger partial charge in [-0.05, 0) is 22.9 Å². The minimum Gasteiger partial charge on any atom is -0.397 e. The zero-order chi connectivity index (χ0) is 9.42. The summed E-state index contributed by atoms with van der Waals surface area (Å²) in [4.78, 5) is 11.2. The highest BCUT2D eigenvalue weighted by Crippen LogP contribution is 2.33. The fraction of sp³-hybridized carbons (Fsp3) is 0. The molecule has 0 aliphatic heterocycles. The number of carbonyl (C=O) groups excluding carboxylic acids is 1. The van der Waals surface area contributed by atoms with Crippen molar-refractivity contribution >= 4 is 46.0 Å². The molecule has 0 unspecified atom stereocenters. The van der Waals surface area contributed by atoms with Crippen molar-refractivity contribution in [3.05, 3.63) is 23.1 Å². The molecule has 0 saturated carbocycles. The van der Waals surface area contributed by atoms with Crippen molar-refractivity contribution in [3.63, 3.8) is 0 Å². The SMILES string of the molecule is Nc1c(S)c(C=O)cc2ccsc12. The molecule has 0 aliphatic carbocycles. The van der Waals surface area contributed by atoms with Crippen LogP contribution in [0, 0.1) is 0 Å². The third kappa shape index (κ3) is 1.22. The maximum atomic E-state index is 10.6. The second kappa shape index (κ2) is 3.05. The van der Waals surface area contributed by atoms with Gasteiger partial charge in [0.05, 0.1) is 10.4 Å². The Kier molecular flexibility index (Phi) is 2.01. The van der Waals surface area contributed by atoms with Crippen molar-refractivity contribution in [1.29, 1.82) is 0 Å². The molecule has 0 aliphatic rings. The van der Waals surface area contributed by atoms with Gasteiger partial charge in [-0.25, -0.2) is 0 Å². The topological polar surface area (TPSA) is 43.1 Å². The molecule has 2 rings (SSSR count). The van der Waals surface area contributed by atoms with Gasteiger partial charge in [0.15, 0.2) is 6.29 Å². The highest BCUT2D eigenvalue weighted by molar-refractivity contribution is 7.80. The Morgan fingerprint density at radius 3 is 3.00 bits per heavy atom. The monoisotopic (exact) mass is 209 g/mol. The van der Waals surface area contributed by atoms with E-state index in [9.17, 15) is 4.79 Å². The maximum Gasteiger partial charge on any atom is 0.151 e. The lowest BCUT2D eigenvalue weighted by atomic mass is 10.1. The first-order valence-corrected chi connectivity index (χ1v) is 5.00. The molecule has 2 N–H and O–H groups in total. The lowest BCUT2D eigenvalue weighted by Gasteiger charge is -2.03. The van der Waals surface area contributed by atoms with Crippen LogP contribution in [0.4, 0.5) is 5.69 Å². The number of fused-ring (bicyclic) bond motifs is 1. The number of benzene rings is 1. The van der Waals surface area contributed by atoms with Crippen molar-refractivity contribution in [2.75, 3.05) is 5.73 Å². The number of nitrogen functional groups attached to an aromatic ring is 1. The molecule has 2 aromatic rings. The first-order valence-electron chi connectivity index (χ1n) is 3.68. The molecule has 0 spiro atoms. The van der Waals surface area contributed by atoms with E-state index in [1.807, 2.05) is 11.4 Å². The molecule has 0 radical (unpaired) electrons. The standard InChI is InChI=1S/C9H7NOS2/c10-7-8(12)6(4-11)3-5-1-2-13-9(5)7/h1-4,12H,10H2. The van der Waals surface area contributed by atoms with E-state index < -0.39 is 0 Å². The van der Waals surface area contributed by atoms with Crippen molar-refractivity contribution in [2.45, 2.75) is 4.90 Å². The van der Waals surface area contributed by atoms with E-state index in [0.29, 0.717) is 16.1 Å². The normalized spacial score (nSPS) is 10.5. The fourth-order valence-corrected chi connectivity index (χ4v) is 2.39. The summed E-state index contributed by atoms with van der Waals surface area (Å²) in [5, 5.41) is 2.95. The molecule has 13 heavy (non-hydrogen) atoms. The van der Waals surface area contributed by atoms with Gasteiger partial charge in [-0.15, -0.1) is 24.0 Å². The number of anilines is 1. The molecule has 0 atom stereocenters. The van der Waals surface area contributed by atoms with E-state index in [4.69, 9.17) is 5.73 Å². The zero-order valence-electron chi connectivity index (χ0n) is 6.65. The summed E-state index contributed by atoms with van der Waals surface area (Å²) in [6, 6.07) is 3.74. The Hall–Kier alpha value is -1.00. The van der Waals surface area contributed by atoms with Gasteiger partial charge in [-0.1, -0.05) is 0 Å². The summed E-state index contributed by atoms with van der Waals surface area (Å²) in [5.41, 5.74) is 6.96. The Morgan fingerprint density at radius 1 is 1.54 bits per heavy atom. The molecule has 0 bridgehead atoms. The molecule has 2 nitrogen and oxygen atoms in total. The van der Waals surface area contributed by atoms with Crippen molar-refractivity contribution in [1.82, 2.24) is 0 Å². The Balaban J connectivity index is 2.91. The second-order valence-corrected chi connectivity index (χ2v) is 4.05. The predicted molar refractivity (Wildman–Crippen MR) is 58.9 cm³/mol. The minimum absolute atomic E-state index is 0.548. The minimum atomic E-state index is 0.548. The lowest BCUT2D eigenvalue weighted by molar-refractivity contribution is 0.112. The lowest BCUT2D eigenvalue weighted by Crippen LogP contribution is -1.91. The van der Waals surface area contributed by atoms with Crippen LogP contribution in [0.5, 0.6) is 0 Å². The van der Waals surface area contributed by atoms with Gasteiger partial charge >= 0.3 is 0 Å². The first-order chi connectivity index (χ1) is 6.24. The smallest absolute Gasteiger partial charge is 0.151 e. The number of rotatable bonds is 1. The van der Waals surface area contributed by atoms with Gasteiger partial charge in [-0.2, -0.15) is 0 Å². The molecule has 0 fully saturated rings. The summed E-state index contributed by atoms with van der Waals surface area (Å²) < 4.78 is 0.996. The molecule has 66 valence electrons. The number of thiophene rings is 1. The van der Waals surface area contributed by atoms with Gasteiger partial charge in [0.1, 0.15) is 0 Å². The third-order valence-corrected chi connectivity index (χ3v) is 3.37. The van der Waals surface area contributed by atoms with Gasteiger partial charge in [-0.3, -0.25) is 4.79 Å². The van der Waals surface area contributed by atoms with E-state index in [0.717, 1.165) is 16.4 Å². The summed E-state index contributed by atoms with van der Waals surface area (Å²) in [5.74, 6) is 0. The van der Waals surface area contributed by atoms with Crippen molar-refractivity contribution < 1.29 is 4.79 Å². The number of carbonyl (C=O) groups is 1. The highest BCUT2D eigenvalue weighted by Gasteiger charge is 2.07. The molecule has 4 heteroatoms. The average Bonchev–Trinajstić information content (AvgIpc) is 2.59. The van der Waals surface area contributed by atoms with Gasteiger partial charge in [0, 0.05) is 10.5 Å². The van der Waals surface area contributed by atoms with Crippen LogP contribution >= 0.6 is 24.0 Å².